The third-order valence-corrected chi connectivity index (χ3v) is 4.12. The van der Waals surface area contributed by atoms with Gasteiger partial charge in [-0.15, -0.1) is 11.6 Å². The third kappa shape index (κ3) is 2.36. The van der Waals surface area contributed by atoms with E-state index >= 15 is 0 Å². The summed E-state index contributed by atoms with van der Waals surface area (Å²) in [5, 5.41) is 2.22. The molecule has 5 heteroatoms. The summed E-state index contributed by atoms with van der Waals surface area (Å²) in [6, 6.07) is 5.49. The fourth-order valence-electron chi connectivity index (χ4n) is 2.60. The fraction of sp³-hybridized carbons (Fsp3) is 0.250. The monoisotopic (exact) mass is 303 g/mol. The maximum Gasteiger partial charge on any atom is 0.376 e. The third-order valence-electron chi connectivity index (χ3n) is 3.67. The van der Waals surface area contributed by atoms with Crippen molar-refractivity contribution in [3.63, 3.8) is 0 Å². The number of alkyl halides is 1. The first-order valence-electron chi connectivity index (χ1n) is 6.70. The van der Waals surface area contributed by atoms with E-state index in [9.17, 15) is 9.59 Å². The van der Waals surface area contributed by atoms with Crippen LogP contribution < -0.4 is 10.6 Å². The van der Waals surface area contributed by atoms with E-state index in [1.54, 1.807) is 6.07 Å². The number of benzene rings is 1. The topological polar surface area (TPSA) is 59.2 Å². The molecule has 0 radical (unpaired) electrons. The van der Waals surface area contributed by atoms with Crippen molar-refractivity contribution < 1.29 is 14.3 Å². The zero-order valence-electron chi connectivity index (χ0n) is 11.5. The van der Waals surface area contributed by atoms with Crippen molar-refractivity contribution in [2.24, 2.45) is 0 Å². The van der Waals surface area contributed by atoms with Gasteiger partial charge in [-0.2, -0.15) is 0 Å². The normalized spacial score (nSPS) is 14.8. The minimum Gasteiger partial charge on any atom is -0.463 e. The lowest BCUT2D eigenvalue weighted by atomic mass is 10.0. The van der Waals surface area contributed by atoms with E-state index in [1.807, 2.05) is 12.1 Å². The van der Waals surface area contributed by atoms with E-state index in [-0.39, 0.29) is 0 Å². The Morgan fingerprint density at radius 2 is 2.05 bits per heavy atom. The summed E-state index contributed by atoms with van der Waals surface area (Å²) in [5.74, 6) is -1.68. The molecule has 21 heavy (non-hydrogen) atoms. The number of esters is 1. The summed E-state index contributed by atoms with van der Waals surface area (Å²) in [6.07, 6.45) is 6.34. The summed E-state index contributed by atoms with van der Waals surface area (Å²) >= 11 is 6.10. The smallest absolute Gasteiger partial charge is 0.376 e. The molecule has 3 rings (SSSR count). The van der Waals surface area contributed by atoms with E-state index in [0.29, 0.717) is 5.56 Å². The Bertz CT molecular complexity index is 850. The van der Waals surface area contributed by atoms with Gasteiger partial charge in [-0.05, 0) is 30.5 Å². The molecule has 0 amide bonds. The summed E-state index contributed by atoms with van der Waals surface area (Å²) in [6.45, 7) is 0. The number of Topliss-reactive ketones (excluding diaryl/α,β-unsaturated/α-hetero) is 1. The maximum atomic E-state index is 11.8. The lowest BCUT2D eigenvalue weighted by molar-refractivity contribution is -0.151. The van der Waals surface area contributed by atoms with Gasteiger partial charge in [-0.1, -0.05) is 18.2 Å². The Labute approximate surface area is 126 Å². The molecule has 1 heterocycles. The number of halogens is 1. The van der Waals surface area contributed by atoms with Gasteiger partial charge in [0, 0.05) is 21.5 Å². The van der Waals surface area contributed by atoms with Crippen LogP contribution in [0.3, 0.4) is 0 Å². The number of carbonyl (C=O) groups is 2. The van der Waals surface area contributed by atoms with Crippen LogP contribution in [-0.2, 0) is 14.3 Å². The zero-order valence-corrected chi connectivity index (χ0v) is 12.2. The van der Waals surface area contributed by atoms with E-state index in [0.717, 1.165) is 34.3 Å². The molecule has 1 aliphatic carbocycles. The average Bonchev–Trinajstić information content (AvgIpc) is 2.90. The van der Waals surface area contributed by atoms with Crippen LogP contribution in [0.2, 0.25) is 0 Å². The fourth-order valence-corrected chi connectivity index (χ4v) is 2.83. The molecule has 1 aromatic carbocycles. The van der Waals surface area contributed by atoms with E-state index in [1.165, 1.54) is 7.11 Å². The minimum absolute atomic E-state index is 0.598. The van der Waals surface area contributed by atoms with Gasteiger partial charge < -0.3 is 9.72 Å². The number of methoxy groups -OCH3 is 1. The van der Waals surface area contributed by atoms with Crippen molar-refractivity contribution in [1.29, 1.82) is 0 Å². The highest BCUT2D eigenvalue weighted by Crippen LogP contribution is 2.24. The highest BCUT2D eigenvalue weighted by atomic mass is 35.5. The maximum absolute atomic E-state index is 11.8. The number of hydrogen-bond donors (Lipinski definition) is 1. The Kier molecular flexibility index (Phi) is 3.55. The summed E-state index contributed by atoms with van der Waals surface area (Å²) < 4.78 is 4.43. The van der Waals surface area contributed by atoms with Gasteiger partial charge in [-0.3, -0.25) is 4.79 Å². The number of ketones is 1. The van der Waals surface area contributed by atoms with Crippen molar-refractivity contribution >= 4 is 46.4 Å². The van der Waals surface area contributed by atoms with E-state index in [4.69, 9.17) is 11.6 Å². The van der Waals surface area contributed by atoms with Crippen LogP contribution in [0, 0.1) is 0 Å². The number of carbonyl (C=O) groups excluding carboxylic acids is 2. The second-order valence-corrected chi connectivity index (χ2v) is 5.40. The zero-order chi connectivity index (χ0) is 15.0. The van der Waals surface area contributed by atoms with Gasteiger partial charge in [0.1, 0.15) is 5.38 Å². The number of ether oxygens (including phenoxy) is 1. The number of H-pyrrole nitrogens is 1. The number of hydrogen-bond acceptors (Lipinski definition) is 3. The Morgan fingerprint density at radius 3 is 2.81 bits per heavy atom. The lowest BCUT2D eigenvalue weighted by Crippen LogP contribution is -2.24. The van der Waals surface area contributed by atoms with Crippen molar-refractivity contribution in [1.82, 2.24) is 4.98 Å². The largest absolute Gasteiger partial charge is 0.463 e. The van der Waals surface area contributed by atoms with Crippen LogP contribution in [-0.4, -0.2) is 23.8 Å². The van der Waals surface area contributed by atoms with Crippen LogP contribution in [0.1, 0.15) is 23.8 Å². The Morgan fingerprint density at radius 1 is 1.29 bits per heavy atom. The highest BCUT2D eigenvalue weighted by Gasteiger charge is 2.25. The molecule has 1 unspecified atom stereocenters. The summed E-state index contributed by atoms with van der Waals surface area (Å²) in [5.41, 5.74) is 1.59. The second kappa shape index (κ2) is 5.37. The first kappa shape index (κ1) is 13.9. The molecule has 0 saturated carbocycles. The standard InChI is InChI=1S/C16H14ClNO3/c1-21-16(20)15(19)14(17)9-6-7-13-11(8-9)10-4-2-3-5-12(10)18-13/h4-8,14,18H,2-3H2,1H3. The number of aromatic amines is 1. The number of aromatic nitrogens is 1. The Hall–Kier alpha value is -2.07. The van der Waals surface area contributed by atoms with Crippen LogP contribution in [0.5, 0.6) is 0 Å². The van der Waals surface area contributed by atoms with Gasteiger partial charge >= 0.3 is 5.97 Å². The molecular weight excluding hydrogens is 290 g/mol. The van der Waals surface area contributed by atoms with Gasteiger partial charge in [-0.25, -0.2) is 4.79 Å². The summed E-state index contributed by atoms with van der Waals surface area (Å²) in [7, 11) is 1.17. The molecule has 0 aliphatic heterocycles. The molecule has 0 fully saturated rings. The molecule has 1 N–H and O–H groups in total. The predicted molar refractivity (Wildman–Crippen MR) is 81.3 cm³/mol. The van der Waals surface area contributed by atoms with Crippen molar-refractivity contribution in [2.75, 3.05) is 7.11 Å². The van der Waals surface area contributed by atoms with Gasteiger partial charge in [0.25, 0.3) is 5.78 Å². The van der Waals surface area contributed by atoms with E-state index in [2.05, 4.69) is 21.9 Å². The van der Waals surface area contributed by atoms with Crippen molar-refractivity contribution in [3.05, 3.63) is 34.3 Å². The van der Waals surface area contributed by atoms with Gasteiger partial charge in [0.2, 0.25) is 0 Å². The first-order chi connectivity index (χ1) is 10.1. The molecule has 0 spiro atoms. The number of fused-ring (bicyclic) bond motifs is 3. The van der Waals surface area contributed by atoms with Crippen LogP contribution in [0.25, 0.3) is 23.1 Å². The highest BCUT2D eigenvalue weighted by molar-refractivity contribution is 6.47. The van der Waals surface area contributed by atoms with Gasteiger partial charge in [0.15, 0.2) is 0 Å². The number of nitrogens with one attached hydrogen (secondary N) is 1. The van der Waals surface area contributed by atoms with Gasteiger partial charge in [0.05, 0.1) is 7.11 Å². The molecule has 0 saturated heterocycles. The average molecular weight is 304 g/mol. The molecule has 4 nitrogen and oxygen atoms in total. The van der Waals surface area contributed by atoms with Crippen molar-refractivity contribution in [2.45, 2.75) is 18.2 Å². The molecular formula is C16H14ClNO3. The molecule has 1 aliphatic rings. The van der Waals surface area contributed by atoms with Crippen molar-refractivity contribution in [3.8, 4) is 0 Å². The summed E-state index contributed by atoms with van der Waals surface area (Å²) in [4.78, 5) is 26.4. The molecule has 0 bridgehead atoms. The second-order valence-electron chi connectivity index (χ2n) is 4.96. The molecule has 108 valence electrons. The Balaban J connectivity index is 2.10. The molecule has 2 aromatic rings. The predicted octanol–water partition coefficient (Wildman–Crippen LogP) is 1.54. The molecule has 1 atom stereocenters. The lowest BCUT2D eigenvalue weighted by Gasteiger charge is -2.07. The first-order valence-corrected chi connectivity index (χ1v) is 7.13. The van der Waals surface area contributed by atoms with Crippen LogP contribution in [0.4, 0.5) is 0 Å². The van der Waals surface area contributed by atoms with E-state index < -0.39 is 17.1 Å². The minimum atomic E-state index is -1.03. The number of rotatable bonds is 3. The van der Waals surface area contributed by atoms with Crippen LogP contribution >= 0.6 is 11.6 Å². The SMILES string of the molecule is COC(=O)C(=O)C(Cl)c1ccc2[nH]c3c(c2c1)=CCCC=3. The van der Waals surface area contributed by atoms with Crippen LogP contribution in [0.15, 0.2) is 18.2 Å². The quantitative estimate of drug-likeness (QED) is 0.532. The molecule has 1 aromatic heterocycles.